The van der Waals surface area contributed by atoms with Crippen molar-refractivity contribution in [2.75, 3.05) is 13.1 Å². The highest BCUT2D eigenvalue weighted by Gasteiger charge is 2.41. The molecule has 130 valence electrons. The summed E-state index contributed by atoms with van der Waals surface area (Å²) in [5.41, 5.74) is 0.404. The quantitative estimate of drug-likeness (QED) is 0.845. The van der Waals surface area contributed by atoms with Gasteiger partial charge in [-0.05, 0) is 57.4 Å². The maximum absolute atomic E-state index is 12.8. The molecule has 0 atom stereocenters. The number of hydrogen-bond donors (Lipinski definition) is 1. The smallest absolute Gasteiger partial charge is 0.237 e. The molecule has 1 aliphatic heterocycles. The van der Waals surface area contributed by atoms with Gasteiger partial charge in [0.15, 0.2) is 0 Å². The molecule has 2 aliphatic rings. The van der Waals surface area contributed by atoms with Gasteiger partial charge in [-0.25, -0.2) is 0 Å². The lowest BCUT2D eigenvalue weighted by molar-refractivity contribution is -0.149. The molecule has 1 N–H and O–H groups in total. The van der Waals surface area contributed by atoms with Crippen LogP contribution >= 0.6 is 0 Å². The number of rotatable bonds is 5. The van der Waals surface area contributed by atoms with E-state index >= 15 is 0 Å². The van der Waals surface area contributed by atoms with Gasteiger partial charge < -0.3 is 10.2 Å². The zero-order valence-electron chi connectivity index (χ0n) is 14.8. The number of nitrogens with zero attached hydrogens (tertiary/aromatic N) is 1. The summed E-state index contributed by atoms with van der Waals surface area (Å²) >= 11 is 0. The third-order valence-corrected chi connectivity index (χ3v) is 5.28. The van der Waals surface area contributed by atoms with Gasteiger partial charge >= 0.3 is 0 Å². The first kappa shape index (κ1) is 17.0. The van der Waals surface area contributed by atoms with Crippen LogP contribution in [0.1, 0.15) is 45.1 Å². The minimum absolute atomic E-state index is 0.0289. The number of piperidine rings is 1. The van der Waals surface area contributed by atoms with Crippen molar-refractivity contribution >= 4 is 11.8 Å². The van der Waals surface area contributed by atoms with Gasteiger partial charge in [-0.3, -0.25) is 9.59 Å². The van der Waals surface area contributed by atoms with E-state index in [1.807, 2.05) is 11.0 Å². The molecule has 2 fully saturated rings. The topological polar surface area (TPSA) is 49.4 Å². The molecular weight excluding hydrogens is 300 g/mol. The van der Waals surface area contributed by atoms with Crippen LogP contribution in [0, 0.1) is 11.3 Å². The third-order valence-electron chi connectivity index (χ3n) is 5.28. The Kier molecular flexibility index (Phi) is 4.93. The molecule has 1 saturated carbocycles. The van der Waals surface area contributed by atoms with Crippen LogP contribution in [0.2, 0.25) is 0 Å². The molecule has 1 aliphatic carbocycles. The number of nitrogens with one attached hydrogen (secondary N) is 1. The molecule has 1 heterocycles. The number of amides is 2. The number of benzene rings is 1. The van der Waals surface area contributed by atoms with E-state index in [9.17, 15) is 9.59 Å². The van der Waals surface area contributed by atoms with Crippen molar-refractivity contribution in [3.8, 4) is 0 Å². The maximum atomic E-state index is 12.8. The van der Waals surface area contributed by atoms with Crippen molar-refractivity contribution in [2.45, 2.75) is 52.0 Å². The van der Waals surface area contributed by atoms with Gasteiger partial charge in [-0.2, -0.15) is 0 Å². The van der Waals surface area contributed by atoms with Gasteiger partial charge in [0.1, 0.15) is 5.41 Å². The van der Waals surface area contributed by atoms with Gasteiger partial charge in [-0.15, -0.1) is 0 Å². The van der Waals surface area contributed by atoms with E-state index in [0.717, 1.165) is 45.2 Å². The van der Waals surface area contributed by atoms with Crippen LogP contribution in [0.4, 0.5) is 0 Å². The summed E-state index contributed by atoms with van der Waals surface area (Å²) < 4.78 is 0. The number of carbonyl (C=O) groups is 2. The zero-order valence-corrected chi connectivity index (χ0v) is 14.8. The number of likely N-dealkylation sites (tertiary alicyclic amines) is 1. The SMILES string of the molecule is CC(C)(C(=O)NC1CC1)C(=O)N1CCC(Cc2ccccc2)CC1. The summed E-state index contributed by atoms with van der Waals surface area (Å²) in [5.74, 6) is 0.472. The fourth-order valence-corrected chi connectivity index (χ4v) is 3.37. The van der Waals surface area contributed by atoms with E-state index < -0.39 is 5.41 Å². The Balaban J connectivity index is 1.51. The Hall–Kier alpha value is -1.84. The minimum Gasteiger partial charge on any atom is -0.352 e. The lowest BCUT2D eigenvalue weighted by Crippen LogP contribution is -2.52. The number of carbonyl (C=O) groups excluding carboxylic acids is 2. The first-order valence-corrected chi connectivity index (χ1v) is 9.11. The molecule has 4 heteroatoms. The van der Waals surface area contributed by atoms with Gasteiger partial charge in [0.25, 0.3) is 0 Å². The standard InChI is InChI=1S/C20H28N2O2/c1-20(2,18(23)21-17-8-9-17)19(24)22-12-10-16(11-13-22)14-15-6-4-3-5-7-15/h3-7,16-17H,8-14H2,1-2H3,(H,21,23). The molecular formula is C20H28N2O2. The molecule has 1 saturated heterocycles. The molecule has 0 bridgehead atoms. The van der Waals surface area contributed by atoms with Gasteiger partial charge in [-0.1, -0.05) is 30.3 Å². The second-order valence-electron chi connectivity index (χ2n) is 7.80. The summed E-state index contributed by atoms with van der Waals surface area (Å²) in [6.45, 7) is 5.03. The van der Waals surface area contributed by atoms with Gasteiger partial charge in [0, 0.05) is 19.1 Å². The van der Waals surface area contributed by atoms with Crippen molar-refractivity contribution in [1.82, 2.24) is 10.2 Å². The second-order valence-corrected chi connectivity index (χ2v) is 7.80. The minimum atomic E-state index is -0.963. The molecule has 3 rings (SSSR count). The van der Waals surface area contributed by atoms with Crippen LogP contribution in [-0.2, 0) is 16.0 Å². The van der Waals surface area contributed by atoms with Crippen LogP contribution < -0.4 is 5.32 Å². The Morgan fingerprint density at radius 1 is 1.08 bits per heavy atom. The molecule has 0 unspecified atom stereocenters. The fraction of sp³-hybridized carbons (Fsp3) is 0.600. The highest BCUT2D eigenvalue weighted by molar-refractivity contribution is 6.04. The summed E-state index contributed by atoms with van der Waals surface area (Å²) in [6.07, 6.45) is 5.19. The van der Waals surface area contributed by atoms with Crippen molar-refractivity contribution < 1.29 is 9.59 Å². The molecule has 1 aromatic rings. The molecule has 0 radical (unpaired) electrons. The number of hydrogen-bond acceptors (Lipinski definition) is 2. The Labute approximate surface area is 144 Å². The molecule has 2 amide bonds. The summed E-state index contributed by atoms with van der Waals surface area (Å²) in [4.78, 5) is 27.0. The van der Waals surface area contributed by atoms with E-state index in [0.29, 0.717) is 12.0 Å². The van der Waals surface area contributed by atoms with E-state index in [1.165, 1.54) is 5.56 Å². The Morgan fingerprint density at radius 2 is 1.71 bits per heavy atom. The second kappa shape index (κ2) is 6.96. The summed E-state index contributed by atoms with van der Waals surface area (Å²) in [5, 5.41) is 2.97. The molecule has 0 aromatic heterocycles. The fourth-order valence-electron chi connectivity index (χ4n) is 3.37. The first-order valence-electron chi connectivity index (χ1n) is 9.11. The van der Waals surface area contributed by atoms with E-state index in [2.05, 4.69) is 29.6 Å². The van der Waals surface area contributed by atoms with E-state index in [-0.39, 0.29) is 11.8 Å². The van der Waals surface area contributed by atoms with Crippen molar-refractivity contribution in [1.29, 1.82) is 0 Å². The van der Waals surface area contributed by atoms with Gasteiger partial charge in [0.05, 0.1) is 0 Å². The van der Waals surface area contributed by atoms with Crippen LogP contribution in [0.5, 0.6) is 0 Å². The van der Waals surface area contributed by atoms with Crippen LogP contribution in [0.25, 0.3) is 0 Å². The lowest BCUT2D eigenvalue weighted by atomic mass is 9.86. The van der Waals surface area contributed by atoms with Crippen LogP contribution in [0.15, 0.2) is 30.3 Å². The Morgan fingerprint density at radius 3 is 2.29 bits per heavy atom. The first-order chi connectivity index (χ1) is 11.5. The summed E-state index contributed by atoms with van der Waals surface area (Å²) in [7, 11) is 0. The normalized spacial score (nSPS) is 19.2. The average Bonchev–Trinajstić information content (AvgIpc) is 3.40. The lowest BCUT2D eigenvalue weighted by Gasteiger charge is -2.36. The van der Waals surface area contributed by atoms with Crippen molar-refractivity contribution in [2.24, 2.45) is 11.3 Å². The molecule has 1 aromatic carbocycles. The Bertz CT molecular complexity index is 585. The van der Waals surface area contributed by atoms with Gasteiger partial charge in [0.2, 0.25) is 11.8 Å². The largest absolute Gasteiger partial charge is 0.352 e. The summed E-state index contributed by atoms with van der Waals surface area (Å²) in [6, 6.07) is 10.8. The van der Waals surface area contributed by atoms with Crippen molar-refractivity contribution in [3.63, 3.8) is 0 Å². The molecule has 0 spiro atoms. The monoisotopic (exact) mass is 328 g/mol. The maximum Gasteiger partial charge on any atom is 0.237 e. The predicted molar refractivity (Wildman–Crippen MR) is 94.4 cm³/mol. The van der Waals surface area contributed by atoms with Crippen LogP contribution in [-0.4, -0.2) is 35.8 Å². The zero-order chi connectivity index (χ0) is 17.2. The van der Waals surface area contributed by atoms with Crippen molar-refractivity contribution in [3.05, 3.63) is 35.9 Å². The third kappa shape index (κ3) is 3.97. The van der Waals surface area contributed by atoms with E-state index in [4.69, 9.17) is 0 Å². The predicted octanol–water partition coefficient (Wildman–Crippen LogP) is 2.77. The van der Waals surface area contributed by atoms with Crippen LogP contribution in [0.3, 0.4) is 0 Å². The highest BCUT2D eigenvalue weighted by Crippen LogP contribution is 2.28. The molecule has 4 nitrogen and oxygen atoms in total. The average molecular weight is 328 g/mol. The van der Waals surface area contributed by atoms with E-state index in [1.54, 1.807) is 13.8 Å². The molecule has 24 heavy (non-hydrogen) atoms. The highest BCUT2D eigenvalue weighted by atomic mass is 16.2.